The molecule has 6 aromatic rings. The largest absolute Gasteiger partial charge is 0.507 e. The van der Waals surface area contributed by atoms with Gasteiger partial charge in [0.2, 0.25) is 11.8 Å². The van der Waals surface area contributed by atoms with E-state index in [0.29, 0.717) is 62.2 Å². The van der Waals surface area contributed by atoms with Gasteiger partial charge in [-0.25, -0.2) is 4.98 Å². The summed E-state index contributed by atoms with van der Waals surface area (Å²) in [4.78, 5) is 34.6. The number of likely N-dealkylation sites (tertiary alicyclic amines) is 1. The molecule has 0 saturated carbocycles. The van der Waals surface area contributed by atoms with Crippen LogP contribution in [0.1, 0.15) is 56.2 Å². The summed E-state index contributed by atoms with van der Waals surface area (Å²) < 4.78 is 30.0. The van der Waals surface area contributed by atoms with Crippen LogP contribution in [0.5, 0.6) is 11.6 Å². The summed E-state index contributed by atoms with van der Waals surface area (Å²) in [6.45, 7) is 10.6. The van der Waals surface area contributed by atoms with Crippen molar-refractivity contribution in [3.63, 3.8) is 0 Å². The van der Waals surface area contributed by atoms with E-state index in [2.05, 4.69) is 30.8 Å². The number of β-amino-alcohol motifs (C(OH)–C–C–N with tert-alkyl or cyclic N) is 1. The van der Waals surface area contributed by atoms with Gasteiger partial charge in [-0.3, -0.25) is 14.3 Å². The smallest absolute Gasteiger partial charge is 0.254 e. The van der Waals surface area contributed by atoms with Gasteiger partial charge in [-0.15, -0.1) is 21.5 Å². The Morgan fingerprint density at radius 3 is 2.37 bits per heavy atom. The van der Waals surface area contributed by atoms with Crippen molar-refractivity contribution < 1.29 is 43.3 Å². The number of aliphatic hydroxyl groups is 1. The number of nitrogens with two attached hydrogens (primary N) is 1. The number of aromatic hydroxyl groups is 1. The lowest BCUT2D eigenvalue weighted by Crippen LogP contribution is -2.48. The fourth-order valence-corrected chi connectivity index (χ4v) is 8.40. The number of nitrogens with zero attached hydrogens (tertiary/aromatic N) is 7. The zero-order valence-electron chi connectivity index (χ0n) is 36.8. The predicted octanol–water partition coefficient (Wildman–Crippen LogP) is 5.42. The number of amides is 2. The molecule has 0 aliphatic carbocycles. The first-order valence-electron chi connectivity index (χ1n) is 21.5. The first kappa shape index (κ1) is 46.7. The Labute approximate surface area is 380 Å². The lowest BCUT2D eigenvalue weighted by Gasteiger charge is -2.29. The van der Waals surface area contributed by atoms with E-state index in [1.807, 2.05) is 69.7 Å². The molecular weight excluding hydrogens is 855 g/mol. The number of carbonyl (C=O) groups is 2. The van der Waals surface area contributed by atoms with Crippen molar-refractivity contribution in [1.82, 2.24) is 40.3 Å². The van der Waals surface area contributed by atoms with Crippen LogP contribution >= 0.6 is 11.3 Å². The molecule has 1 fully saturated rings. The van der Waals surface area contributed by atoms with Crippen LogP contribution in [0.2, 0.25) is 0 Å². The molecule has 1 saturated heterocycles. The standard InChI is InChI=1S/C46H55N9O9S/c1-28(2)42(46(59)55-26-34(56)21-38(55)45(58)50-29(3)31-9-11-32(12-10-31)43-30(4)48-27-65-43)40-23-41(53-64-40)63-20-19-62-18-17-61-16-15-60-14-13-54-25-33(24-49-54)36-22-37(51-52-44(36)47)35-7-5-6-8-39(35)57/h5-12,22-25,27-29,34,38,42,56-57H,13-21,26H2,1-4H3,(H2,47,52)(H,50,58)/t29-,34+,38-,42+/m0/s1. The van der Waals surface area contributed by atoms with Gasteiger partial charge in [-0.2, -0.15) is 5.10 Å². The molecule has 4 aromatic heterocycles. The Balaban J connectivity index is 0.779. The van der Waals surface area contributed by atoms with Crippen molar-refractivity contribution in [1.29, 1.82) is 0 Å². The highest BCUT2D eigenvalue weighted by molar-refractivity contribution is 7.13. The number of carbonyl (C=O) groups excluding carboxylic acids is 2. The zero-order valence-corrected chi connectivity index (χ0v) is 37.6. The average Bonchev–Trinajstić information content (AvgIpc) is 4.13. The number of hydrogen-bond acceptors (Lipinski definition) is 16. The Morgan fingerprint density at radius 1 is 0.938 bits per heavy atom. The summed E-state index contributed by atoms with van der Waals surface area (Å²) in [5.41, 5.74) is 13.4. The van der Waals surface area contributed by atoms with E-state index < -0.39 is 18.1 Å². The minimum Gasteiger partial charge on any atom is -0.507 e. The Kier molecular flexibility index (Phi) is 15.9. The summed E-state index contributed by atoms with van der Waals surface area (Å²) in [6, 6.07) is 17.1. The quantitative estimate of drug-likeness (QED) is 0.0623. The fraction of sp³-hybridized carbons (Fsp3) is 0.413. The second-order valence-electron chi connectivity index (χ2n) is 16.0. The molecule has 65 heavy (non-hydrogen) atoms. The van der Waals surface area contributed by atoms with Crippen molar-refractivity contribution in [2.75, 3.05) is 58.5 Å². The van der Waals surface area contributed by atoms with Crippen molar-refractivity contribution in [2.24, 2.45) is 5.92 Å². The Bertz CT molecular complexity index is 2490. The molecule has 19 heteroatoms. The predicted molar refractivity (Wildman–Crippen MR) is 242 cm³/mol. The van der Waals surface area contributed by atoms with Crippen LogP contribution in [0.3, 0.4) is 0 Å². The van der Waals surface area contributed by atoms with Gasteiger partial charge in [-0.05, 0) is 54.2 Å². The van der Waals surface area contributed by atoms with Gasteiger partial charge in [0, 0.05) is 41.9 Å². The van der Waals surface area contributed by atoms with Crippen LogP contribution in [0.4, 0.5) is 5.82 Å². The molecule has 2 aromatic carbocycles. The third-order valence-electron chi connectivity index (χ3n) is 11.0. The molecule has 344 valence electrons. The molecule has 2 amide bonds. The minimum absolute atomic E-state index is 0.0322. The normalized spacial score (nSPS) is 15.9. The van der Waals surface area contributed by atoms with E-state index in [0.717, 1.165) is 27.3 Å². The molecule has 0 bridgehead atoms. The number of phenols is 1. The number of rotatable bonds is 22. The number of aliphatic hydroxyl groups excluding tert-OH is 1. The molecule has 7 rings (SSSR count). The number of aromatic nitrogens is 6. The van der Waals surface area contributed by atoms with Crippen LogP contribution in [0, 0.1) is 12.8 Å². The summed E-state index contributed by atoms with van der Waals surface area (Å²) >= 11 is 1.58. The van der Waals surface area contributed by atoms with Crippen LogP contribution in [0.15, 0.2) is 83.1 Å². The topological polar surface area (TPSA) is 235 Å². The molecule has 5 heterocycles. The second kappa shape index (κ2) is 22.1. The van der Waals surface area contributed by atoms with Gasteiger partial charge >= 0.3 is 0 Å². The molecule has 4 atom stereocenters. The number of hydrogen-bond donors (Lipinski definition) is 4. The van der Waals surface area contributed by atoms with Gasteiger partial charge < -0.3 is 49.6 Å². The number of thiazole rings is 1. The van der Waals surface area contributed by atoms with Gasteiger partial charge in [0.15, 0.2) is 11.6 Å². The highest BCUT2D eigenvalue weighted by Crippen LogP contribution is 2.34. The number of nitrogen functional groups attached to an aromatic ring is 1. The summed E-state index contributed by atoms with van der Waals surface area (Å²) in [5, 5.41) is 40.5. The van der Waals surface area contributed by atoms with E-state index in [9.17, 15) is 19.8 Å². The highest BCUT2D eigenvalue weighted by Gasteiger charge is 2.43. The van der Waals surface area contributed by atoms with Crippen LogP contribution in [-0.2, 0) is 30.3 Å². The maximum atomic E-state index is 14.1. The lowest BCUT2D eigenvalue weighted by atomic mass is 9.91. The van der Waals surface area contributed by atoms with Gasteiger partial charge in [0.25, 0.3) is 5.88 Å². The molecule has 1 aliphatic heterocycles. The summed E-state index contributed by atoms with van der Waals surface area (Å²) in [5.74, 6) is -0.737. The Morgan fingerprint density at radius 2 is 1.66 bits per heavy atom. The van der Waals surface area contributed by atoms with E-state index in [1.54, 1.807) is 52.5 Å². The number of anilines is 1. The van der Waals surface area contributed by atoms with Gasteiger partial charge in [0.05, 0.1) is 86.3 Å². The third-order valence-corrected chi connectivity index (χ3v) is 12.0. The maximum Gasteiger partial charge on any atom is 0.254 e. The second-order valence-corrected chi connectivity index (χ2v) is 16.9. The maximum absolute atomic E-state index is 14.1. The summed E-state index contributed by atoms with van der Waals surface area (Å²) in [7, 11) is 0. The third kappa shape index (κ3) is 11.9. The summed E-state index contributed by atoms with van der Waals surface area (Å²) in [6.07, 6.45) is 2.84. The van der Waals surface area contributed by atoms with E-state index in [1.165, 1.54) is 4.90 Å². The number of para-hydroxylation sites is 1. The first-order chi connectivity index (χ1) is 31.5. The van der Waals surface area contributed by atoms with Crippen LogP contribution < -0.4 is 15.8 Å². The SMILES string of the molecule is Cc1ncsc1-c1ccc([C@H](C)NC(=O)[C@@H]2C[C@@H](O)CN2C(=O)[C@@H](c2cc(OCCOCCOCCOCCn3cc(-c4cc(-c5ccccc5O)nnc4N)cn3)no2)C(C)C)cc1. The minimum atomic E-state index is -0.846. The molecule has 1 aliphatic rings. The van der Waals surface area contributed by atoms with E-state index in [4.69, 9.17) is 29.2 Å². The number of nitrogens with one attached hydrogen (secondary N) is 1. The monoisotopic (exact) mass is 909 g/mol. The average molecular weight is 910 g/mol. The van der Waals surface area contributed by atoms with Crippen molar-refractivity contribution in [3.8, 4) is 44.5 Å². The van der Waals surface area contributed by atoms with Crippen molar-refractivity contribution >= 4 is 29.0 Å². The fourth-order valence-electron chi connectivity index (χ4n) is 7.59. The number of phenolic OH excluding ortho intramolecular Hbond substituents is 1. The molecule has 5 N–H and O–H groups in total. The van der Waals surface area contributed by atoms with Gasteiger partial charge in [0.1, 0.15) is 24.3 Å². The number of ether oxygens (including phenoxy) is 4. The molecule has 0 unspecified atom stereocenters. The molecule has 18 nitrogen and oxygen atoms in total. The van der Waals surface area contributed by atoms with Crippen molar-refractivity contribution in [2.45, 2.75) is 64.8 Å². The molecule has 0 spiro atoms. The van der Waals surface area contributed by atoms with E-state index in [-0.39, 0.29) is 67.4 Å². The van der Waals surface area contributed by atoms with Crippen LogP contribution in [0.25, 0.3) is 32.8 Å². The van der Waals surface area contributed by atoms with Crippen molar-refractivity contribution in [3.05, 3.63) is 95.6 Å². The molecule has 0 radical (unpaired) electrons. The lowest BCUT2D eigenvalue weighted by molar-refractivity contribution is -0.141. The number of aryl methyl sites for hydroxylation is 1. The first-order valence-corrected chi connectivity index (χ1v) is 22.4. The Hall–Kier alpha value is -6.25. The van der Waals surface area contributed by atoms with E-state index >= 15 is 0 Å². The van der Waals surface area contributed by atoms with Crippen LogP contribution in [-0.4, -0.2) is 122 Å². The van der Waals surface area contributed by atoms with Gasteiger partial charge in [-0.1, -0.05) is 50.2 Å². The zero-order chi connectivity index (χ0) is 45.9. The molecular formula is C46H55N9O9S. The number of benzene rings is 2. The highest BCUT2D eigenvalue weighted by atomic mass is 32.1.